The van der Waals surface area contributed by atoms with Crippen molar-refractivity contribution < 1.29 is 23.8 Å². The van der Waals surface area contributed by atoms with Crippen molar-refractivity contribution in [1.29, 1.82) is 0 Å². The van der Waals surface area contributed by atoms with Gasteiger partial charge in [-0.15, -0.1) is 0 Å². The molecule has 0 fully saturated rings. The van der Waals surface area contributed by atoms with Gasteiger partial charge in [-0.25, -0.2) is 9.79 Å². The molecule has 1 amide bonds. The zero-order chi connectivity index (χ0) is 29.5. The lowest BCUT2D eigenvalue weighted by atomic mass is 9.92. The maximum absolute atomic E-state index is 13.2. The number of fused-ring (bicyclic) bond motifs is 1. The number of nitrogens with zero attached hydrogens (tertiary/aromatic N) is 3. The summed E-state index contributed by atoms with van der Waals surface area (Å²) in [5.41, 5.74) is 4.52. The normalized spacial score (nSPS) is 15.9. The Morgan fingerprint density at radius 2 is 1.83 bits per heavy atom. The van der Waals surface area contributed by atoms with Gasteiger partial charge in [-0.2, -0.15) is 0 Å². The van der Waals surface area contributed by atoms with E-state index in [0.717, 1.165) is 22.4 Å². The molecule has 1 aromatic heterocycles. The van der Waals surface area contributed by atoms with Crippen molar-refractivity contribution in [2.45, 2.75) is 39.0 Å². The molecule has 42 heavy (non-hydrogen) atoms. The van der Waals surface area contributed by atoms with E-state index in [4.69, 9.17) is 19.2 Å². The Labute approximate surface area is 249 Å². The number of aliphatic imine (C=N–C) groups is 1. The Balaban J connectivity index is 1.44. The predicted octanol–water partition coefficient (Wildman–Crippen LogP) is 5.51. The van der Waals surface area contributed by atoms with Crippen LogP contribution in [0.2, 0.25) is 0 Å². The highest BCUT2D eigenvalue weighted by atomic mass is 32.2. The number of methoxy groups -OCH3 is 2. The number of amidine groups is 1. The molecule has 10 heteroatoms. The van der Waals surface area contributed by atoms with Crippen molar-refractivity contribution in [2.24, 2.45) is 4.99 Å². The average molecular weight is 585 g/mol. The molecule has 0 radical (unpaired) electrons. The number of carbonyl (C=O) groups is 2. The Hall–Kier alpha value is -4.57. The van der Waals surface area contributed by atoms with E-state index in [0.29, 0.717) is 47.5 Å². The number of nitrogens with one attached hydrogen (secondary N) is 1. The Bertz CT molecular complexity index is 1540. The second-order valence-corrected chi connectivity index (χ2v) is 10.4. The summed E-state index contributed by atoms with van der Waals surface area (Å²) in [5, 5.41) is 5.57. The average Bonchev–Trinajstić information content (AvgIpc) is 3.44. The minimum Gasteiger partial charge on any atom is -0.493 e. The number of rotatable bonds is 11. The SMILES string of the molecule is CCC1=C(C(=O)OC)C(c2ccc(OCc3ccccc3)c(OC)c2)N2C(CC(=O)NCc3cccnc3)=CSC2=N1. The molecule has 1 unspecified atom stereocenters. The summed E-state index contributed by atoms with van der Waals surface area (Å²) >= 11 is 1.43. The molecule has 0 saturated heterocycles. The summed E-state index contributed by atoms with van der Waals surface area (Å²) in [4.78, 5) is 37.1. The Morgan fingerprint density at radius 1 is 1.02 bits per heavy atom. The zero-order valence-corrected chi connectivity index (χ0v) is 24.5. The van der Waals surface area contributed by atoms with Gasteiger partial charge >= 0.3 is 5.97 Å². The maximum Gasteiger partial charge on any atom is 0.338 e. The van der Waals surface area contributed by atoms with Crippen LogP contribution in [-0.4, -0.2) is 41.1 Å². The molecule has 1 N–H and O–H groups in total. The number of allylic oxidation sites excluding steroid dienone is 1. The van der Waals surface area contributed by atoms with Gasteiger partial charge in [0.2, 0.25) is 5.91 Å². The molecule has 0 spiro atoms. The van der Waals surface area contributed by atoms with E-state index >= 15 is 0 Å². The molecule has 2 aliphatic heterocycles. The van der Waals surface area contributed by atoms with Gasteiger partial charge in [0.25, 0.3) is 0 Å². The summed E-state index contributed by atoms with van der Waals surface area (Å²) in [5.74, 6) is 0.481. The van der Waals surface area contributed by atoms with Gasteiger partial charge in [0, 0.05) is 24.6 Å². The van der Waals surface area contributed by atoms with Crippen LogP contribution in [0, 0.1) is 0 Å². The molecule has 3 aromatic rings. The fraction of sp³-hybridized carbons (Fsp3) is 0.250. The fourth-order valence-corrected chi connectivity index (χ4v) is 5.80. The molecule has 0 bridgehead atoms. The zero-order valence-electron chi connectivity index (χ0n) is 23.7. The molecular weight excluding hydrogens is 552 g/mol. The lowest BCUT2D eigenvalue weighted by Gasteiger charge is -2.36. The van der Waals surface area contributed by atoms with Crippen LogP contribution in [0.5, 0.6) is 11.5 Å². The van der Waals surface area contributed by atoms with Gasteiger partial charge < -0.3 is 24.4 Å². The van der Waals surface area contributed by atoms with E-state index in [1.54, 1.807) is 19.5 Å². The molecule has 9 nitrogen and oxygen atoms in total. The van der Waals surface area contributed by atoms with Gasteiger partial charge in [-0.05, 0) is 46.7 Å². The van der Waals surface area contributed by atoms with Crippen molar-refractivity contribution in [3.63, 3.8) is 0 Å². The van der Waals surface area contributed by atoms with Crippen LogP contribution in [0.25, 0.3) is 0 Å². The van der Waals surface area contributed by atoms with Gasteiger partial charge in [0.1, 0.15) is 6.61 Å². The molecule has 1 atom stereocenters. The summed E-state index contributed by atoms with van der Waals surface area (Å²) in [6.07, 6.45) is 4.05. The van der Waals surface area contributed by atoms with Crippen LogP contribution in [0.1, 0.15) is 42.5 Å². The Morgan fingerprint density at radius 3 is 2.55 bits per heavy atom. The number of aromatic nitrogens is 1. The number of hydrogen-bond acceptors (Lipinski definition) is 9. The van der Waals surface area contributed by atoms with Crippen molar-refractivity contribution >= 4 is 28.8 Å². The highest BCUT2D eigenvalue weighted by molar-refractivity contribution is 8.16. The molecule has 5 rings (SSSR count). The smallest absolute Gasteiger partial charge is 0.338 e. The summed E-state index contributed by atoms with van der Waals surface area (Å²) in [7, 11) is 2.95. The van der Waals surface area contributed by atoms with E-state index in [-0.39, 0.29) is 12.3 Å². The first kappa shape index (κ1) is 28.9. The van der Waals surface area contributed by atoms with Gasteiger partial charge in [0.05, 0.1) is 38.0 Å². The number of hydrogen-bond donors (Lipinski definition) is 1. The van der Waals surface area contributed by atoms with Crippen molar-refractivity contribution in [3.05, 3.63) is 112 Å². The number of amides is 1. The van der Waals surface area contributed by atoms with Crippen molar-refractivity contribution in [1.82, 2.24) is 15.2 Å². The first-order valence-corrected chi connectivity index (χ1v) is 14.5. The van der Waals surface area contributed by atoms with E-state index in [2.05, 4.69) is 10.3 Å². The third kappa shape index (κ3) is 6.33. The summed E-state index contributed by atoms with van der Waals surface area (Å²) in [6.45, 7) is 2.70. The minimum atomic E-state index is -0.579. The van der Waals surface area contributed by atoms with Crippen LogP contribution >= 0.6 is 11.8 Å². The standard InChI is InChI=1S/C32H32N4O5S/c1-4-25-29(31(38)40-3)30(23-12-13-26(27(15-23)39-2)41-19-21-9-6-5-7-10-21)36-24(20-42-32(36)35-25)16-28(37)34-18-22-11-8-14-33-17-22/h5-15,17,20,30H,4,16,18-19H2,1-3H3,(H,34,37). The van der Waals surface area contributed by atoms with E-state index in [1.165, 1.54) is 18.9 Å². The molecular formula is C32H32N4O5S. The lowest BCUT2D eigenvalue weighted by molar-refractivity contribution is -0.136. The van der Waals surface area contributed by atoms with E-state index in [9.17, 15) is 9.59 Å². The van der Waals surface area contributed by atoms with Crippen LogP contribution in [0.3, 0.4) is 0 Å². The van der Waals surface area contributed by atoms with E-state index in [1.807, 2.05) is 77.9 Å². The van der Waals surface area contributed by atoms with Crippen LogP contribution in [0.4, 0.5) is 0 Å². The number of carbonyl (C=O) groups excluding carboxylic acids is 2. The molecule has 2 aromatic carbocycles. The fourth-order valence-electron chi connectivity index (χ4n) is 4.87. The van der Waals surface area contributed by atoms with Crippen LogP contribution in [-0.2, 0) is 27.5 Å². The number of pyridine rings is 1. The highest BCUT2D eigenvalue weighted by Crippen LogP contribution is 2.46. The molecule has 0 aliphatic carbocycles. The number of ether oxygens (including phenoxy) is 3. The van der Waals surface area contributed by atoms with Crippen LogP contribution in [0.15, 0.2) is 100 Å². The topological polar surface area (TPSA) is 102 Å². The third-order valence-corrected chi connectivity index (χ3v) is 7.81. The molecule has 2 aliphatic rings. The second-order valence-electron chi connectivity index (χ2n) is 9.60. The maximum atomic E-state index is 13.2. The van der Waals surface area contributed by atoms with Crippen molar-refractivity contribution in [3.8, 4) is 11.5 Å². The third-order valence-electron chi connectivity index (χ3n) is 6.92. The molecule has 216 valence electrons. The second kappa shape index (κ2) is 13.4. The largest absolute Gasteiger partial charge is 0.493 e. The molecule has 0 saturated carbocycles. The summed E-state index contributed by atoms with van der Waals surface area (Å²) < 4.78 is 17.0. The Kier molecular flexibility index (Phi) is 9.23. The van der Waals surface area contributed by atoms with E-state index < -0.39 is 12.0 Å². The van der Waals surface area contributed by atoms with Gasteiger partial charge in [-0.3, -0.25) is 9.78 Å². The highest BCUT2D eigenvalue weighted by Gasteiger charge is 2.41. The first-order chi connectivity index (χ1) is 20.5. The van der Waals surface area contributed by atoms with Crippen LogP contribution < -0.4 is 14.8 Å². The molecule has 3 heterocycles. The van der Waals surface area contributed by atoms with Gasteiger partial charge in [0.15, 0.2) is 16.7 Å². The lowest BCUT2D eigenvalue weighted by Crippen LogP contribution is -2.38. The van der Waals surface area contributed by atoms with Crippen molar-refractivity contribution in [2.75, 3.05) is 14.2 Å². The van der Waals surface area contributed by atoms with Gasteiger partial charge in [-0.1, -0.05) is 61.2 Å². The quantitative estimate of drug-likeness (QED) is 0.294. The number of benzene rings is 2. The summed E-state index contributed by atoms with van der Waals surface area (Å²) in [6, 6.07) is 18.7. The number of esters is 1. The number of thioether (sulfide) groups is 1. The monoisotopic (exact) mass is 584 g/mol. The first-order valence-electron chi connectivity index (χ1n) is 13.6. The predicted molar refractivity (Wildman–Crippen MR) is 161 cm³/mol. The minimum absolute atomic E-state index is 0.105.